The van der Waals surface area contributed by atoms with Gasteiger partial charge in [-0.25, -0.2) is 14.8 Å². The number of aromatic carboxylic acids is 1. The highest BCUT2D eigenvalue weighted by Crippen LogP contribution is 2.38. The number of aromatic amines is 2. The Balaban J connectivity index is 1.46. The molecule has 0 radical (unpaired) electrons. The third-order valence-corrected chi connectivity index (χ3v) is 9.36. The number of carbonyl (C=O) groups is 1. The highest BCUT2D eigenvalue weighted by Gasteiger charge is 2.19. The molecule has 2 aliphatic rings. The predicted molar refractivity (Wildman–Crippen MR) is 208 cm³/mol. The molecule has 6 nitrogen and oxygen atoms in total. The Bertz CT molecular complexity index is 2650. The Labute approximate surface area is 293 Å². The van der Waals surface area contributed by atoms with Crippen LogP contribution in [0, 0.1) is 0 Å². The van der Waals surface area contributed by atoms with Crippen molar-refractivity contribution in [3.8, 4) is 44.5 Å². The summed E-state index contributed by atoms with van der Waals surface area (Å²) in [7, 11) is 0. The lowest BCUT2D eigenvalue weighted by atomic mass is 10.0. The number of nitrogens with zero attached hydrogens (tertiary/aromatic N) is 2. The first-order valence-corrected chi connectivity index (χ1v) is 16.8. The zero-order valence-corrected chi connectivity index (χ0v) is 27.3. The van der Waals surface area contributed by atoms with Gasteiger partial charge in [0.05, 0.1) is 28.3 Å². The third kappa shape index (κ3) is 5.45. The molecule has 0 atom stereocenters. The molecule has 5 heterocycles. The van der Waals surface area contributed by atoms with Crippen molar-refractivity contribution in [2.45, 2.75) is 0 Å². The van der Waals surface area contributed by atoms with Crippen LogP contribution in [-0.2, 0) is 0 Å². The van der Waals surface area contributed by atoms with E-state index in [0.717, 1.165) is 89.4 Å². The van der Waals surface area contributed by atoms with E-state index in [0.29, 0.717) is 0 Å². The van der Waals surface area contributed by atoms with Gasteiger partial charge < -0.3 is 15.1 Å². The molecule has 0 saturated heterocycles. The molecule has 51 heavy (non-hydrogen) atoms. The summed E-state index contributed by atoms with van der Waals surface area (Å²) >= 11 is 0. The molecule has 9 rings (SSSR count). The van der Waals surface area contributed by atoms with Gasteiger partial charge in [0.15, 0.2) is 0 Å². The maximum Gasteiger partial charge on any atom is 0.335 e. The minimum Gasteiger partial charge on any atom is -0.478 e. The second-order valence-corrected chi connectivity index (χ2v) is 12.5. The normalized spacial score (nSPS) is 11.9. The molecule has 3 N–H and O–H groups in total. The molecule has 0 aliphatic carbocycles. The van der Waals surface area contributed by atoms with Gasteiger partial charge in [-0.15, -0.1) is 0 Å². The summed E-state index contributed by atoms with van der Waals surface area (Å²) in [5.41, 5.74) is 14.9. The summed E-state index contributed by atoms with van der Waals surface area (Å²) in [5, 5.41) is 9.64. The number of hydrogen-bond donors (Lipinski definition) is 3. The summed E-state index contributed by atoms with van der Waals surface area (Å²) in [6, 6.07) is 46.3. The molecular formula is C45H30N4O2. The van der Waals surface area contributed by atoms with E-state index in [1.54, 1.807) is 12.1 Å². The van der Waals surface area contributed by atoms with Crippen LogP contribution in [0.3, 0.4) is 0 Å². The molecule has 0 amide bonds. The molecule has 8 bridgehead atoms. The minimum atomic E-state index is -0.968. The predicted octanol–water partition coefficient (Wildman–Crippen LogP) is 11.0. The molecule has 3 aromatic heterocycles. The van der Waals surface area contributed by atoms with Gasteiger partial charge in [0.2, 0.25) is 0 Å². The Morgan fingerprint density at radius 3 is 0.980 bits per heavy atom. The van der Waals surface area contributed by atoms with Crippen molar-refractivity contribution in [2.75, 3.05) is 0 Å². The number of fused-ring (bicyclic) bond motifs is 8. The topological polar surface area (TPSA) is 94.7 Å². The van der Waals surface area contributed by atoms with Crippen LogP contribution in [0.2, 0.25) is 0 Å². The van der Waals surface area contributed by atoms with Crippen LogP contribution in [0.15, 0.2) is 140 Å². The lowest BCUT2D eigenvalue weighted by Crippen LogP contribution is -1.95. The Morgan fingerprint density at radius 1 is 0.392 bits per heavy atom. The average Bonchev–Trinajstić information content (AvgIpc) is 4.01. The van der Waals surface area contributed by atoms with Crippen LogP contribution in [0.25, 0.3) is 90.9 Å². The summed E-state index contributed by atoms with van der Waals surface area (Å²) in [4.78, 5) is 29.9. The first-order valence-electron chi connectivity index (χ1n) is 16.8. The lowest BCUT2D eigenvalue weighted by Gasteiger charge is -2.07. The monoisotopic (exact) mass is 658 g/mol. The number of aromatic nitrogens is 4. The maximum atomic E-state index is 11.8. The Kier molecular flexibility index (Phi) is 7.33. The molecule has 6 heteroatoms. The van der Waals surface area contributed by atoms with Crippen molar-refractivity contribution >= 4 is 52.3 Å². The molecule has 7 aromatic rings. The highest BCUT2D eigenvalue weighted by molar-refractivity contribution is 6.00. The van der Waals surface area contributed by atoms with Crippen molar-refractivity contribution in [3.63, 3.8) is 0 Å². The van der Waals surface area contributed by atoms with Gasteiger partial charge in [0.25, 0.3) is 0 Å². The van der Waals surface area contributed by atoms with Crippen LogP contribution in [0.5, 0.6) is 0 Å². The fraction of sp³-hybridized carbons (Fsp3) is 0. The van der Waals surface area contributed by atoms with Crippen molar-refractivity contribution in [1.29, 1.82) is 0 Å². The van der Waals surface area contributed by atoms with Gasteiger partial charge >= 0.3 is 5.97 Å². The average molecular weight is 659 g/mol. The van der Waals surface area contributed by atoms with E-state index in [9.17, 15) is 9.90 Å². The largest absolute Gasteiger partial charge is 0.478 e. The standard InChI is InChI=1S/C45H30N4O2/c50-45(51)32-18-16-31(17-19-32)44-39-26-24-37(48-39)42(29-12-6-2-7-13-29)35-22-20-33(46-35)41(28-10-4-1-5-11-28)34-21-23-36(47-34)43(30-14-8-3-9-15-30)38-25-27-40(44)49-38/h1-27,46,49H,(H,50,51). The minimum absolute atomic E-state index is 0.225. The molecule has 242 valence electrons. The molecule has 0 unspecified atom stereocenters. The highest BCUT2D eigenvalue weighted by atomic mass is 16.4. The number of H-pyrrole nitrogens is 2. The Hall–Kier alpha value is -7.05. The molecular weight excluding hydrogens is 629 g/mol. The summed E-state index contributed by atoms with van der Waals surface area (Å²) in [5.74, 6) is -0.968. The number of benzene rings is 4. The van der Waals surface area contributed by atoms with E-state index in [-0.39, 0.29) is 5.56 Å². The lowest BCUT2D eigenvalue weighted by molar-refractivity contribution is 0.0697. The van der Waals surface area contributed by atoms with Crippen LogP contribution in [0.1, 0.15) is 33.1 Å². The smallest absolute Gasteiger partial charge is 0.335 e. The van der Waals surface area contributed by atoms with Crippen LogP contribution >= 0.6 is 0 Å². The first-order chi connectivity index (χ1) is 25.1. The van der Waals surface area contributed by atoms with Crippen molar-refractivity contribution in [2.24, 2.45) is 0 Å². The zero-order valence-electron chi connectivity index (χ0n) is 27.3. The van der Waals surface area contributed by atoms with E-state index in [4.69, 9.17) is 9.97 Å². The first kappa shape index (κ1) is 30.0. The number of rotatable bonds is 5. The van der Waals surface area contributed by atoms with Gasteiger partial charge in [-0.1, -0.05) is 103 Å². The summed E-state index contributed by atoms with van der Waals surface area (Å²) in [6.45, 7) is 0. The SMILES string of the molecule is O=C(O)c1ccc(-c2c3nc(c(-c4ccccc4)c4ccc([nH]4)c(-c4ccccc4)c4nc(c(-c5ccccc5)c5ccc2[nH]5)C=C4)C=C3)cc1. The van der Waals surface area contributed by atoms with Gasteiger partial charge in [0, 0.05) is 44.3 Å². The number of carboxylic acid groups (broad SMARTS) is 1. The molecule has 0 fully saturated rings. The zero-order chi connectivity index (χ0) is 34.3. The second kappa shape index (κ2) is 12.4. The van der Waals surface area contributed by atoms with Gasteiger partial charge in [-0.05, 0) is 83.0 Å². The number of nitrogens with one attached hydrogen (secondary N) is 2. The quantitative estimate of drug-likeness (QED) is 0.171. The maximum absolute atomic E-state index is 11.8. The number of hydrogen-bond acceptors (Lipinski definition) is 3. The van der Waals surface area contributed by atoms with Crippen LogP contribution in [0.4, 0.5) is 0 Å². The van der Waals surface area contributed by atoms with Gasteiger partial charge in [0.1, 0.15) is 0 Å². The Morgan fingerprint density at radius 2 is 0.686 bits per heavy atom. The van der Waals surface area contributed by atoms with Crippen LogP contribution < -0.4 is 0 Å². The fourth-order valence-corrected chi connectivity index (χ4v) is 7.01. The van der Waals surface area contributed by atoms with Crippen molar-refractivity contribution in [1.82, 2.24) is 19.9 Å². The van der Waals surface area contributed by atoms with Gasteiger partial charge in [-0.3, -0.25) is 0 Å². The summed E-state index contributed by atoms with van der Waals surface area (Å²) < 4.78 is 0. The third-order valence-electron chi connectivity index (χ3n) is 9.36. The van der Waals surface area contributed by atoms with E-state index in [2.05, 4.69) is 101 Å². The van der Waals surface area contributed by atoms with E-state index in [1.165, 1.54) is 0 Å². The summed E-state index contributed by atoms with van der Waals surface area (Å²) in [6.07, 6.45) is 8.27. The number of carboxylic acids is 1. The second-order valence-electron chi connectivity index (χ2n) is 12.5. The van der Waals surface area contributed by atoms with Gasteiger partial charge in [-0.2, -0.15) is 0 Å². The molecule has 4 aromatic carbocycles. The fourth-order valence-electron chi connectivity index (χ4n) is 7.01. The molecule has 0 spiro atoms. The van der Waals surface area contributed by atoms with Crippen LogP contribution in [-0.4, -0.2) is 31.0 Å². The van der Waals surface area contributed by atoms with Crippen molar-refractivity contribution < 1.29 is 9.90 Å². The van der Waals surface area contributed by atoms with E-state index >= 15 is 0 Å². The molecule has 2 aliphatic heterocycles. The van der Waals surface area contributed by atoms with Crippen molar-refractivity contribution in [3.05, 3.63) is 168 Å². The molecule has 0 saturated carbocycles. The van der Waals surface area contributed by atoms with E-state index < -0.39 is 5.97 Å². The van der Waals surface area contributed by atoms with E-state index in [1.807, 2.05) is 60.7 Å².